The quantitative estimate of drug-likeness (QED) is 0.797. The molecule has 1 aromatic rings. The number of phenolic OH excluding ortho intramolecular Hbond substituents is 1. The molecule has 0 saturated heterocycles. The van der Waals surface area contributed by atoms with Gasteiger partial charge in [0.25, 0.3) is 0 Å². The summed E-state index contributed by atoms with van der Waals surface area (Å²) in [7, 11) is 0. The lowest BCUT2D eigenvalue weighted by Gasteiger charge is -1.98. The summed E-state index contributed by atoms with van der Waals surface area (Å²) < 4.78 is 0. The molecule has 76 valence electrons. The second-order valence-electron chi connectivity index (χ2n) is 2.87. The van der Waals surface area contributed by atoms with Crippen molar-refractivity contribution in [1.82, 2.24) is 0 Å². The number of Topliss-reactive ketones (excluding diaryl/α,β-unsaturated/α-hetero) is 1. The van der Waals surface area contributed by atoms with Gasteiger partial charge in [-0.15, -0.1) is 0 Å². The third-order valence-corrected chi connectivity index (χ3v) is 1.70. The van der Waals surface area contributed by atoms with Gasteiger partial charge in [0.15, 0.2) is 0 Å². The van der Waals surface area contributed by atoms with Gasteiger partial charge in [-0.3, -0.25) is 0 Å². The van der Waals surface area contributed by atoms with Crippen LogP contribution < -0.4 is 0 Å². The van der Waals surface area contributed by atoms with Gasteiger partial charge in [-0.1, -0.05) is 12.1 Å². The molecule has 1 rings (SSSR count). The zero-order valence-electron chi connectivity index (χ0n) is 8.19. The van der Waals surface area contributed by atoms with E-state index in [4.69, 9.17) is 9.90 Å². The molecular formula is C11H14O3. The van der Waals surface area contributed by atoms with E-state index < -0.39 is 0 Å². The summed E-state index contributed by atoms with van der Waals surface area (Å²) in [5, 5.41) is 8.97. The zero-order valence-corrected chi connectivity index (χ0v) is 8.19. The predicted molar refractivity (Wildman–Crippen MR) is 54.2 cm³/mol. The van der Waals surface area contributed by atoms with Gasteiger partial charge in [-0.05, 0) is 31.0 Å². The van der Waals surface area contributed by atoms with Gasteiger partial charge in [0.05, 0.1) is 0 Å². The molecule has 0 aromatic heterocycles. The zero-order chi connectivity index (χ0) is 11.0. The van der Waals surface area contributed by atoms with Crippen LogP contribution in [-0.4, -0.2) is 17.7 Å². The third-order valence-electron chi connectivity index (χ3n) is 1.70. The van der Waals surface area contributed by atoms with Crippen molar-refractivity contribution in [3.05, 3.63) is 29.8 Å². The molecule has 0 aliphatic heterocycles. The molecule has 3 heteroatoms. The van der Waals surface area contributed by atoms with Gasteiger partial charge in [0.1, 0.15) is 18.3 Å². The lowest BCUT2D eigenvalue weighted by atomic mass is 10.1. The highest BCUT2D eigenvalue weighted by atomic mass is 16.3. The maximum Gasteiger partial charge on any atom is 0.130 e. The number of hydrogen-bond donors (Lipinski definition) is 1. The molecule has 0 amide bonds. The molecule has 0 saturated carbocycles. The van der Waals surface area contributed by atoms with Crippen LogP contribution in [0.2, 0.25) is 0 Å². The number of aromatic hydroxyl groups is 1. The summed E-state index contributed by atoms with van der Waals surface area (Å²) in [6.45, 7) is 3.58. The van der Waals surface area contributed by atoms with Gasteiger partial charge in [0, 0.05) is 6.42 Å². The molecule has 0 heterocycles. The van der Waals surface area contributed by atoms with Crippen LogP contribution >= 0.6 is 0 Å². The molecule has 0 radical (unpaired) electrons. The van der Waals surface area contributed by atoms with Crippen LogP contribution in [0.4, 0.5) is 0 Å². The lowest BCUT2D eigenvalue weighted by molar-refractivity contribution is -0.117. The van der Waals surface area contributed by atoms with Crippen molar-refractivity contribution < 1.29 is 14.7 Å². The second kappa shape index (κ2) is 6.83. The fraction of sp³-hybridized carbons (Fsp3) is 0.273. The molecule has 0 aliphatic rings. The topological polar surface area (TPSA) is 54.4 Å². The van der Waals surface area contributed by atoms with Gasteiger partial charge in [-0.2, -0.15) is 0 Å². The van der Waals surface area contributed by atoms with Crippen LogP contribution in [-0.2, 0) is 16.0 Å². The summed E-state index contributed by atoms with van der Waals surface area (Å²) in [4.78, 5) is 18.6. The van der Waals surface area contributed by atoms with E-state index in [1.165, 1.54) is 0 Å². The van der Waals surface area contributed by atoms with E-state index in [1.807, 2.05) is 18.9 Å². The number of benzene rings is 1. The number of hydrogen-bond acceptors (Lipinski definition) is 3. The Hall–Kier alpha value is -1.64. The monoisotopic (exact) mass is 194 g/mol. The van der Waals surface area contributed by atoms with E-state index in [1.54, 1.807) is 19.1 Å². The minimum atomic E-state index is 0.197. The molecule has 0 bridgehead atoms. The smallest absolute Gasteiger partial charge is 0.130 e. The van der Waals surface area contributed by atoms with Crippen LogP contribution in [0.5, 0.6) is 5.75 Å². The summed E-state index contributed by atoms with van der Waals surface area (Å²) in [5.74, 6) is 0.463. The first-order valence-electron chi connectivity index (χ1n) is 4.24. The van der Waals surface area contributed by atoms with E-state index in [9.17, 15) is 4.79 Å². The standard InChI is InChI=1S/C10H12O2.CH2O/c1-8(11)2-3-9-4-6-10(12)7-5-9;1-2/h4-7,12H,2-3H2,1H3;1H2. The first kappa shape index (κ1) is 12.4. The summed E-state index contributed by atoms with van der Waals surface area (Å²) in [6.07, 6.45) is 1.33. The van der Waals surface area contributed by atoms with Crippen LogP contribution in [0.15, 0.2) is 24.3 Å². The third kappa shape index (κ3) is 5.09. The van der Waals surface area contributed by atoms with Crippen molar-refractivity contribution >= 4 is 12.6 Å². The molecule has 1 N–H and O–H groups in total. The molecule has 0 fully saturated rings. The van der Waals surface area contributed by atoms with Crippen molar-refractivity contribution in [3.63, 3.8) is 0 Å². The Morgan fingerprint density at radius 2 is 1.79 bits per heavy atom. The minimum absolute atomic E-state index is 0.197. The SMILES string of the molecule is C=O.CC(=O)CCc1ccc(O)cc1. The molecule has 0 spiro atoms. The lowest BCUT2D eigenvalue weighted by Crippen LogP contribution is -1.93. The number of rotatable bonds is 3. The van der Waals surface area contributed by atoms with E-state index in [-0.39, 0.29) is 11.5 Å². The van der Waals surface area contributed by atoms with E-state index in [0.29, 0.717) is 6.42 Å². The van der Waals surface area contributed by atoms with Crippen LogP contribution in [0.25, 0.3) is 0 Å². The Labute approximate surface area is 83.4 Å². The van der Waals surface area contributed by atoms with Gasteiger partial charge in [0.2, 0.25) is 0 Å². The van der Waals surface area contributed by atoms with E-state index in [0.717, 1.165) is 12.0 Å². The number of phenols is 1. The number of carbonyl (C=O) groups is 2. The second-order valence-corrected chi connectivity index (χ2v) is 2.87. The van der Waals surface area contributed by atoms with Crippen LogP contribution in [0.3, 0.4) is 0 Å². The molecule has 14 heavy (non-hydrogen) atoms. The molecule has 0 aliphatic carbocycles. The van der Waals surface area contributed by atoms with Gasteiger partial charge < -0.3 is 14.7 Å². The highest BCUT2D eigenvalue weighted by Crippen LogP contribution is 2.10. The molecule has 0 unspecified atom stereocenters. The minimum Gasteiger partial charge on any atom is -0.508 e. The number of ketones is 1. The largest absolute Gasteiger partial charge is 0.508 e. The normalized spacial score (nSPS) is 8.64. The average molecular weight is 194 g/mol. The molecule has 0 atom stereocenters. The van der Waals surface area contributed by atoms with E-state index >= 15 is 0 Å². The van der Waals surface area contributed by atoms with Gasteiger partial charge >= 0.3 is 0 Å². The maximum atomic E-state index is 10.6. The number of aryl methyl sites for hydroxylation is 1. The van der Waals surface area contributed by atoms with Crippen molar-refractivity contribution in [2.75, 3.05) is 0 Å². The average Bonchev–Trinajstić information content (AvgIpc) is 2.20. The van der Waals surface area contributed by atoms with Crippen molar-refractivity contribution in [2.24, 2.45) is 0 Å². The van der Waals surface area contributed by atoms with Crippen LogP contribution in [0.1, 0.15) is 18.9 Å². The maximum absolute atomic E-state index is 10.6. The fourth-order valence-electron chi connectivity index (χ4n) is 0.983. The first-order chi connectivity index (χ1) is 6.68. The Morgan fingerprint density at radius 1 is 1.29 bits per heavy atom. The van der Waals surface area contributed by atoms with Crippen molar-refractivity contribution in [1.29, 1.82) is 0 Å². The fourth-order valence-corrected chi connectivity index (χ4v) is 0.983. The Balaban J connectivity index is 0.000000791. The highest BCUT2D eigenvalue weighted by Gasteiger charge is 1.96. The van der Waals surface area contributed by atoms with Crippen molar-refractivity contribution in [2.45, 2.75) is 19.8 Å². The molecule has 1 aromatic carbocycles. The Morgan fingerprint density at radius 3 is 2.21 bits per heavy atom. The Bertz CT molecular complexity index is 277. The van der Waals surface area contributed by atoms with Crippen LogP contribution in [0, 0.1) is 0 Å². The Kier molecular flexibility index (Phi) is 6.03. The molecular weight excluding hydrogens is 180 g/mol. The summed E-state index contributed by atoms with van der Waals surface area (Å²) in [6, 6.07) is 6.93. The predicted octanol–water partition coefficient (Wildman–Crippen LogP) is 1.73. The molecule has 3 nitrogen and oxygen atoms in total. The van der Waals surface area contributed by atoms with Crippen molar-refractivity contribution in [3.8, 4) is 5.75 Å². The number of carbonyl (C=O) groups excluding carboxylic acids is 2. The highest BCUT2D eigenvalue weighted by molar-refractivity contribution is 5.75. The van der Waals surface area contributed by atoms with E-state index in [2.05, 4.69) is 0 Å². The summed E-state index contributed by atoms with van der Waals surface area (Å²) in [5.41, 5.74) is 1.09. The summed E-state index contributed by atoms with van der Waals surface area (Å²) >= 11 is 0. The first-order valence-corrected chi connectivity index (χ1v) is 4.24. The van der Waals surface area contributed by atoms with Gasteiger partial charge in [-0.25, -0.2) is 0 Å².